The molecule has 0 spiro atoms. The van der Waals surface area contributed by atoms with E-state index >= 15 is 0 Å². The second-order valence-electron chi connectivity index (χ2n) is 3.35. The molecule has 0 heterocycles. The highest BCUT2D eigenvalue weighted by atomic mass is 127. The fourth-order valence-electron chi connectivity index (χ4n) is 1.83. The van der Waals surface area contributed by atoms with Crippen molar-refractivity contribution in [3.63, 3.8) is 0 Å². The quantitative estimate of drug-likeness (QED) is 0.529. The van der Waals surface area contributed by atoms with Crippen molar-refractivity contribution < 1.29 is 0 Å². The van der Waals surface area contributed by atoms with E-state index in [9.17, 15) is 0 Å². The van der Waals surface area contributed by atoms with Crippen molar-refractivity contribution in [3.05, 3.63) is 0 Å². The highest BCUT2D eigenvalue weighted by Crippen LogP contribution is 2.33. The van der Waals surface area contributed by atoms with Crippen LogP contribution in [0.3, 0.4) is 0 Å². The van der Waals surface area contributed by atoms with E-state index in [1.807, 2.05) is 0 Å². The maximum absolute atomic E-state index is 2.64. The number of hydrogen-bond acceptors (Lipinski definition) is 0. The van der Waals surface area contributed by atoms with Gasteiger partial charge in [0.25, 0.3) is 0 Å². The van der Waals surface area contributed by atoms with Gasteiger partial charge in [0.2, 0.25) is 0 Å². The zero-order valence-electron chi connectivity index (χ0n) is 6.78. The predicted octanol–water partition coefficient (Wildman–Crippen LogP) is 3.78. The lowest BCUT2D eigenvalue weighted by Gasteiger charge is -2.15. The molecule has 10 heavy (non-hydrogen) atoms. The first-order valence-corrected chi connectivity index (χ1v) is 5.73. The lowest BCUT2D eigenvalue weighted by atomic mass is 10.0. The van der Waals surface area contributed by atoms with Gasteiger partial charge in [-0.1, -0.05) is 48.8 Å². The number of rotatable bonds is 3. The smallest absolute Gasteiger partial charge is 0.0138 e. The molecule has 0 amide bonds. The van der Waals surface area contributed by atoms with Crippen LogP contribution in [0.4, 0.5) is 0 Å². The topological polar surface area (TPSA) is 0 Å². The Morgan fingerprint density at radius 1 is 1.40 bits per heavy atom. The van der Waals surface area contributed by atoms with Crippen LogP contribution in [-0.2, 0) is 0 Å². The summed E-state index contributed by atoms with van der Waals surface area (Å²) in [5.41, 5.74) is 0. The minimum Gasteiger partial charge on any atom is -0.0823 e. The molecule has 0 nitrogen and oxygen atoms in total. The van der Waals surface area contributed by atoms with E-state index in [2.05, 4.69) is 29.5 Å². The monoisotopic (exact) mass is 252 g/mol. The van der Waals surface area contributed by atoms with E-state index in [-0.39, 0.29) is 0 Å². The van der Waals surface area contributed by atoms with Gasteiger partial charge < -0.3 is 0 Å². The summed E-state index contributed by atoms with van der Waals surface area (Å²) < 4.78 is 0.977. The van der Waals surface area contributed by atoms with E-state index in [0.29, 0.717) is 0 Å². The van der Waals surface area contributed by atoms with Gasteiger partial charge in [-0.2, -0.15) is 0 Å². The summed E-state index contributed by atoms with van der Waals surface area (Å²) in [4.78, 5) is 0. The Bertz CT molecular complexity index is 84.7. The van der Waals surface area contributed by atoms with Crippen molar-refractivity contribution in [3.8, 4) is 0 Å². The Morgan fingerprint density at radius 2 is 2.00 bits per heavy atom. The average molecular weight is 252 g/mol. The molecule has 1 aliphatic rings. The summed E-state index contributed by atoms with van der Waals surface area (Å²) in [5.74, 6) is 1.07. The van der Waals surface area contributed by atoms with Crippen molar-refractivity contribution in [2.75, 3.05) is 0 Å². The highest BCUT2D eigenvalue weighted by Gasteiger charge is 2.21. The van der Waals surface area contributed by atoms with Crippen LogP contribution in [0.15, 0.2) is 0 Å². The molecule has 1 saturated carbocycles. The van der Waals surface area contributed by atoms with Gasteiger partial charge >= 0.3 is 0 Å². The number of halogens is 1. The zero-order chi connectivity index (χ0) is 7.40. The molecule has 1 fully saturated rings. The third-order valence-corrected chi connectivity index (χ3v) is 4.12. The molecule has 0 radical (unpaired) electrons. The largest absolute Gasteiger partial charge is 0.0823 e. The summed E-state index contributed by atoms with van der Waals surface area (Å²) in [7, 11) is 0. The average Bonchev–Trinajstić information content (AvgIpc) is 2.38. The fraction of sp³-hybridized carbons (Fsp3) is 1.00. The molecule has 1 atom stereocenters. The first-order chi connectivity index (χ1) is 4.84. The van der Waals surface area contributed by atoms with Crippen LogP contribution >= 0.6 is 22.6 Å². The van der Waals surface area contributed by atoms with Gasteiger partial charge in [0.05, 0.1) is 0 Å². The summed E-state index contributed by atoms with van der Waals surface area (Å²) in [5, 5.41) is 0. The predicted molar refractivity (Wildman–Crippen MR) is 54.7 cm³/mol. The molecule has 0 N–H and O–H groups in total. The fourth-order valence-corrected chi connectivity index (χ4v) is 3.17. The van der Waals surface area contributed by atoms with E-state index < -0.39 is 0 Å². The standard InChI is InChI=1S/C9H17I/c1-2-5-9(10)8-6-3-4-7-8/h8-9H,2-7H2,1H3/t9-/m0/s1. The molecule has 0 saturated heterocycles. The molecule has 0 aliphatic heterocycles. The highest BCUT2D eigenvalue weighted by molar-refractivity contribution is 14.1. The number of alkyl halides is 1. The van der Waals surface area contributed by atoms with Gasteiger partial charge in [0.15, 0.2) is 0 Å². The SMILES string of the molecule is CCC[C@H](I)C1CCCC1. The molecule has 0 bridgehead atoms. The van der Waals surface area contributed by atoms with Crippen LogP contribution < -0.4 is 0 Å². The first-order valence-electron chi connectivity index (χ1n) is 4.48. The minimum atomic E-state index is 0.977. The Hall–Kier alpha value is 0.730. The Kier molecular flexibility index (Phi) is 4.04. The van der Waals surface area contributed by atoms with Crippen molar-refractivity contribution in [1.29, 1.82) is 0 Å². The van der Waals surface area contributed by atoms with Crippen LogP contribution in [0, 0.1) is 5.92 Å². The van der Waals surface area contributed by atoms with Crippen LogP contribution in [0.5, 0.6) is 0 Å². The molecule has 0 aromatic carbocycles. The van der Waals surface area contributed by atoms with Crippen LogP contribution in [0.1, 0.15) is 45.4 Å². The van der Waals surface area contributed by atoms with Gasteiger partial charge in [0.1, 0.15) is 0 Å². The number of hydrogen-bond donors (Lipinski definition) is 0. The van der Waals surface area contributed by atoms with Gasteiger partial charge in [-0.05, 0) is 25.2 Å². The van der Waals surface area contributed by atoms with Crippen molar-refractivity contribution >= 4 is 22.6 Å². The van der Waals surface area contributed by atoms with E-state index in [4.69, 9.17) is 0 Å². The Morgan fingerprint density at radius 3 is 2.50 bits per heavy atom. The molecule has 0 aromatic heterocycles. The Balaban J connectivity index is 2.18. The van der Waals surface area contributed by atoms with Crippen molar-refractivity contribution in [2.45, 2.75) is 49.4 Å². The van der Waals surface area contributed by atoms with Gasteiger partial charge in [-0.3, -0.25) is 0 Å². The zero-order valence-corrected chi connectivity index (χ0v) is 8.93. The molecule has 1 rings (SSSR count). The van der Waals surface area contributed by atoms with Crippen LogP contribution in [-0.4, -0.2) is 3.92 Å². The maximum atomic E-state index is 2.64. The third kappa shape index (κ3) is 2.40. The third-order valence-electron chi connectivity index (χ3n) is 2.48. The van der Waals surface area contributed by atoms with E-state index in [0.717, 1.165) is 9.84 Å². The molecule has 1 heteroatoms. The molecule has 0 unspecified atom stereocenters. The molecule has 1 aliphatic carbocycles. The second-order valence-corrected chi connectivity index (χ2v) is 4.95. The maximum Gasteiger partial charge on any atom is 0.0138 e. The normalized spacial score (nSPS) is 23.4. The summed E-state index contributed by atoms with van der Waals surface area (Å²) in [6.45, 7) is 2.29. The second kappa shape index (κ2) is 4.58. The lowest BCUT2D eigenvalue weighted by molar-refractivity contribution is 0.510. The summed E-state index contributed by atoms with van der Waals surface area (Å²) >= 11 is 2.64. The van der Waals surface area contributed by atoms with Gasteiger partial charge in [-0.25, -0.2) is 0 Å². The van der Waals surface area contributed by atoms with E-state index in [1.165, 1.54) is 38.5 Å². The van der Waals surface area contributed by atoms with Crippen LogP contribution in [0.2, 0.25) is 0 Å². The minimum absolute atomic E-state index is 0.977. The lowest BCUT2D eigenvalue weighted by Crippen LogP contribution is -2.09. The van der Waals surface area contributed by atoms with Crippen LogP contribution in [0.25, 0.3) is 0 Å². The molecule has 0 aromatic rings. The van der Waals surface area contributed by atoms with Gasteiger partial charge in [-0.15, -0.1) is 0 Å². The molecular formula is C9H17I. The first kappa shape index (κ1) is 8.82. The van der Waals surface area contributed by atoms with Crippen molar-refractivity contribution in [2.24, 2.45) is 5.92 Å². The Labute approximate surface area is 77.9 Å². The summed E-state index contributed by atoms with van der Waals surface area (Å²) in [6.07, 6.45) is 8.80. The molecular weight excluding hydrogens is 235 g/mol. The molecule has 60 valence electrons. The summed E-state index contributed by atoms with van der Waals surface area (Å²) in [6, 6.07) is 0. The van der Waals surface area contributed by atoms with Crippen molar-refractivity contribution in [1.82, 2.24) is 0 Å². The van der Waals surface area contributed by atoms with E-state index in [1.54, 1.807) is 0 Å². The van der Waals surface area contributed by atoms with Gasteiger partial charge in [0, 0.05) is 3.92 Å².